The summed E-state index contributed by atoms with van der Waals surface area (Å²) in [6.45, 7) is 10.5. The van der Waals surface area contributed by atoms with Gasteiger partial charge < -0.3 is 31.2 Å². The van der Waals surface area contributed by atoms with Gasteiger partial charge in [0.25, 0.3) is 5.91 Å². The maximum absolute atomic E-state index is 13.5. The zero-order chi connectivity index (χ0) is 36.9. The lowest BCUT2D eigenvalue weighted by atomic mass is 10.1. The van der Waals surface area contributed by atoms with E-state index in [2.05, 4.69) is 46.4 Å². The van der Waals surface area contributed by atoms with Crippen molar-refractivity contribution in [3.05, 3.63) is 82.5 Å². The number of nitrogens with one attached hydrogen (secondary N) is 4. The quantitative estimate of drug-likeness (QED) is 0.0969. The highest BCUT2D eigenvalue weighted by Crippen LogP contribution is 2.26. The molecule has 6 N–H and O–H groups in total. The Labute approximate surface area is 295 Å². The lowest BCUT2D eigenvalue weighted by molar-refractivity contribution is -0.142. The molecule has 0 radical (unpaired) electrons. The van der Waals surface area contributed by atoms with Crippen molar-refractivity contribution < 1.29 is 32.3 Å². The van der Waals surface area contributed by atoms with Crippen LogP contribution in [0.25, 0.3) is 0 Å². The molecule has 0 bridgehead atoms. The van der Waals surface area contributed by atoms with Crippen LogP contribution < -0.4 is 31.1 Å². The molecular weight excluding hydrogens is 660 g/mol. The molecule has 50 heavy (non-hydrogen) atoms. The molecule has 2 aromatic carbocycles. The number of nitrogens with two attached hydrogens (primary N) is 1. The Morgan fingerprint density at radius 2 is 1.62 bits per heavy atom. The summed E-state index contributed by atoms with van der Waals surface area (Å²) >= 11 is 0. The van der Waals surface area contributed by atoms with Crippen molar-refractivity contribution in [2.24, 2.45) is 0 Å². The maximum Gasteiger partial charge on any atom is 0.325 e. The number of methoxy groups -OCH3 is 1. The summed E-state index contributed by atoms with van der Waals surface area (Å²) in [5.74, 6) is -0.494. The topological polar surface area (TPSA) is 191 Å². The lowest BCUT2D eigenvalue weighted by Crippen LogP contribution is -2.49. The zero-order valence-corrected chi connectivity index (χ0v) is 30.5. The molecule has 2 amide bonds. The van der Waals surface area contributed by atoms with Crippen LogP contribution >= 0.6 is 0 Å². The second kappa shape index (κ2) is 18.5. The number of carbonyl (C=O) groups is 3. The second-order valence-electron chi connectivity index (χ2n) is 13.0. The van der Waals surface area contributed by atoms with E-state index in [1.807, 2.05) is 24.3 Å². The summed E-state index contributed by atoms with van der Waals surface area (Å²) in [5, 5.41) is 8.80. The molecule has 3 aromatic rings. The number of benzene rings is 2. The van der Waals surface area contributed by atoms with E-state index in [1.165, 1.54) is 0 Å². The van der Waals surface area contributed by atoms with Crippen molar-refractivity contribution in [2.45, 2.75) is 76.8 Å². The standard InChI is InChI=1S/C36H50N6O7S/c1-24-21-29(49-20-8-11-32(43)38-18-19-40-36(3,4)5)22-25(2)33(24)50(46,47)42-30(35(45)48-6)23-39-34(44)27-15-12-26(13-16-27)14-17-28-9-7-10-31(37)41-28/h7,9-10,12-13,15-16,21-22,30,40,42H,8,11,14,17-20,23H2,1-6H3,(H2,37,41)(H,38,43)(H,39,44)/t30-/m1/s1. The van der Waals surface area contributed by atoms with Crippen LogP contribution in [0.2, 0.25) is 0 Å². The van der Waals surface area contributed by atoms with Gasteiger partial charge >= 0.3 is 5.97 Å². The minimum absolute atomic E-state index is 0.0164. The number of aromatic nitrogens is 1. The third kappa shape index (κ3) is 13.1. The van der Waals surface area contributed by atoms with Gasteiger partial charge in [0.1, 0.15) is 17.6 Å². The number of hydrogen-bond acceptors (Lipinski definition) is 10. The molecular formula is C36H50N6O7S. The highest BCUT2D eigenvalue weighted by atomic mass is 32.2. The van der Waals surface area contributed by atoms with Gasteiger partial charge in [0.2, 0.25) is 15.9 Å². The number of nitrogens with zero attached hydrogens (tertiary/aromatic N) is 1. The smallest absolute Gasteiger partial charge is 0.325 e. The highest BCUT2D eigenvalue weighted by Gasteiger charge is 2.29. The molecule has 0 saturated carbocycles. The van der Waals surface area contributed by atoms with Gasteiger partial charge in [-0.25, -0.2) is 13.4 Å². The van der Waals surface area contributed by atoms with Gasteiger partial charge in [-0.15, -0.1) is 0 Å². The van der Waals surface area contributed by atoms with Crippen LogP contribution in [0, 0.1) is 13.8 Å². The van der Waals surface area contributed by atoms with Crippen molar-refractivity contribution in [2.75, 3.05) is 39.1 Å². The first-order valence-corrected chi connectivity index (χ1v) is 18.0. The van der Waals surface area contributed by atoms with Crippen LogP contribution in [0.1, 0.15) is 66.4 Å². The fraction of sp³-hybridized carbons (Fsp3) is 0.444. The molecule has 1 heterocycles. The molecule has 14 heteroatoms. The lowest BCUT2D eigenvalue weighted by Gasteiger charge is -2.20. The Balaban J connectivity index is 1.54. The summed E-state index contributed by atoms with van der Waals surface area (Å²) in [7, 11) is -3.09. The van der Waals surface area contributed by atoms with E-state index in [4.69, 9.17) is 15.2 Å². The molecule has 0 saturated heterocycles. The van der Waals surface area contributed by atoms with Crippen LogP contribution in [-0.2, 0) is 37.2 Å². The highest BCUT2D eigenvalue weighted by molar-refractivity contribution is 7.89. The monoisotopic (exact) mass is 710 g/mol. The Morgan fingerprint density at radius 3 is 2.24 bits per heavy atom. The molecule has 0 unspecified atom stereocenters. The number of anilines is 1. The van der Waals surface area contributed by atoms with E-state index in [-0.39, 0.29) is 29.5 Å². The van der Waals surface area contributed by atoms with E-state index < -0.39 is 27.9 Å². The summed E-state index contributed by atoms with van der Waals surface area (Å²) in [4.78, 5) is 41.9. The van der Waals surface area contributed by atoms with Crippen molar-refractivity contribution in [1.29, 1.82) is 0 Å². The average Bonchev–Trinajstić information content (AvgIpc) is 3.05. The van der Waals surface area contributed by atoms with Crippen LogP contribution in [0.4, 0.5) is 5.82 Å². The summed E-state index contributed by atoms with van der Waals surface area (Å²) in [6.07, 6.45) is 2.16. The van der Waals surface area contributed by atoms with Gasteiger partial charge in [0.05, 0.1) is 18.6 Å². The molecule has 1 atom stereocenters. The third-order valence-electron chi connectivity index (χ3n) is 7.59. The minimum atomic E-state index is -4.23. The van der Waals surface area contributed by atoms with Crippen molar-refractivity contribution >= 4 is 33.6 Å². The molecule has 272 valence electrons. The minimum Gasteiger partial charge on any atom is -0.494 e. The number of rotatable bonds is 18. The molecule has 0 fully saturated rings. The normalized spacial score (nSPS) is 12.2. The second-order valence-corrected chi connectivity index (χ2v) is 14.7. The van der Waals surface area contributed by atoms with Gasteiger partial charge in [-0.1, -0.05) is 18.2 Å². The van der Waals surface area contributed by atoms with E-state index in [0.29, 0.717) is 67.0 Å². The number of sulfonamides is 1. The Morgan fingerprint density at radius 1 is 0.940 bits per heavy atom. The fourth-order valence-electron chi connectivity index (χ4n) is 5.16. The first-order chi connectivity index (χ1) is 23.6. The molecule has 0 aliphatic rings. The molecule has 13 nitrogen and oxygen atoms in total. The Kier molecular flexibility index (Phi) is 14.7. The average molecular weight is 711 g/mol. The number of nitrogen functional groups attached to an aromatic ring is 1. The molecule has 0 spiro atoms. The van der Waals surface area contributed by atoms with Gasteiger partial charge in [0, 0.05) is 42.9 Å². The zero-order valence-electron chi connectivity index (χ0n) is 29.7. The van der Waals surface area contributed by atoms with Gasteiger partial charge in [-0.2, -0.15) is 4.72 Å². The number of ether oxygens (including phenoxy) is 2. The van der Waals surface area contributed by atoms with E-state index in [9.17, 15) is 22.8 Å². The summed E-state index contributed by atoms with van der Waals surface area (Å²) < 4.78 is 40.1. The summed E-state index contributed by atoms with van der Waals surface area (Å²) in [5.41, 5.74) is 8.73. The van der Waals surface area contributed by atoms with Gasteiger partial charge in [-0.05, 0) is 107 Å². The van der Waals surface area contributed by atoms with E-state index >= 15 is 0 Å². The first-order valence-electron chi connectivity index (χ1n) is 16.5. The third-order valence-corrected chi connectivity index (χ3v) is 9.36. The van der Waals surface area contributed by atoms with Gasteiger partial charge in [0.15, 0.2) is 0 Å². The fourth-order valence-corrected chi connectivity index (χ4v) is 6.80. The van der Waals surface area contributed by atoms with Crippen LogP contribution in [0.3, 0.4) is 0 Å². The van der Waals surface area contributed by atoms with Crippen LogP contribution in [0.15, 0.2) is 59.5 Å². The van der Waals surface area contributed by atoms with Crippen LogP contribution in [-0.4, -0.2) is 76.1 Å². The molecule has 0 aliphatic heterocycles. The molecule has 1 aromatic heterocycles. The predicted octanol–water partition coefficient (Wildman–Crippen LogP) is 2.98. The number of hydrogen-bond donors (Lipinski definition) is 5. The number of amides is 2. The largest absolute Gasteiger partial charge is 0.494 e. The maximum atomic E-state index is 13.5. The van der Waals surface area contributed by atoms with E-state index in [1.54, 1.807) is 44.2 Å². The Bertz CT molecular complexity index is 1700. The van der Waals surface area contributed by atoms with Crippen molar-refractivity contribution in [3.63, 3.8) is 0 Å². The number of esters is 1. The van der Waals surface area contributed by atoms with Crippen molar-refractivity contribution in [3.8, 4) is 5.75 Å². The predicted molar refractivity (Wildman–Crippen MR) is 192 cm³/mol. The van der Waals surface area contributed by atoms with E-state index in [0.717, 1.165) is 18.4 Å². The van der Waals surface area contributed by atoms with Gasteiger partial charge in [-0.3, -0.25) is 14.4 Å². The number of aryl methyl sites for hydroxylation is 4. The molecule has 3 rings (SSSR count). The van der Waals surface area contributed by atoms with Crippen LogP contribution in [0.5, 0.6) is 5.75 Å². The number of pyridine rings is 1. The summed E-state index contributed by atoms with van der Waals surface area (Å²) in [6, 6.07) is 14.2. The SMILES string of the molecule is COC(=O)[C@@H](CNC(=O)c1ccc(CCc2cccc(N)n2)cc1)NS(=O)(=O)c1c(C)cc(OCCCC(=O)NCCNC(C)(C)C)cc1C. The van der Waals surface area contributed by atoms with Crippen molar-refractivity contribution in [1.82, 2.24) is 25.7 Å². The Hall–Kier alpha value is -4.53. The number of carbonyl (C=O) groups excluding carboxylic acids is 3. The first kappa shape index (κ1) is 39.9. The molecule has 0 aliphatic carbocycles.